The monoisotopic (exact) mass is 389 g/mol. The Labute approximate surface area is 140 Å². The molecule has 23 heavy (non-hydrogen) atoms. The molecule has 0 bridgehead atoms. The third-order valence-electron chi connectivity index (χ3n) is 2.88. The summed E-state index contributed by atoms with van der Waals surface area (Å²) >= 11 is 3.32. The quantitative estimate of drug-likeness (QED) is 0.691. The van der Waals surface area contributed by atoms with Crippen LogP contribution in [0, 0.1) is 0 Å². The lowest BCUT2D eigenvalue weighted by atomic mass is 10.3. The van der Waals surface area contributed by atoms with Crippen molar-refractivity contribution in [3.63, 3.8) is 0 Å². The maximum atomic E-state index is 13.0. The van der Waals surface area contributed by atoms with Crippen LogP contribution in [0.25, 0.3) is 0 Å². The van der Waals surface area contributed by atoms with Crippen molar-refractivity contribution in [2.75, 3.05) is 11.9 Å². The predicted octanol–water partition coefficient (Wildman–Crippen LogP) is 5.18. The molecule has 1 N–H and O–H groups in total. The SMILES string of the molecule is CCCCOc1nc(Nc2cccc(Br)c2)ncc1C(F)(F)F. The minimum atomic E-state index is -4.56. The van der Waals surface area contributed by atoms with E-state index in [0.717, 1.165) is 17.1 Å². The lowest BCUT2D eigenvalue weighted by Gasteiger charge is -2.14. The van der Waals surface area contributed by atoms with Crippen LogP contribution in [0.15, 0.2) is 34.9 Å². The molecule has 1 heterocycles. The van der Waals surface area contributed by atoms with E-state index in [-0.39, 0.29) is 12.6 Å². The highest BCUT2D eigenvalue weighted by Gasteiger charge is 2.36. The van der Waals surface area contributed by atoms with Crippen LogP contribution in [0.4, 0.5) is 24.8 Å². The molecule has 0 aliphatic rings. The van der Waals surface area contributed by atoms with E-state index in [1.54, 1.807) is 18.2 Å². The first kappa shape index (κ1) is 17.5. The summed E-state index contributed by atoms with van der Waals surface area (Å²) in [5, 5.41) is 2.85. The van der Waals surface area contributed by atoms with Gasteiger partial charge in [-0.3, -0.25) is 0 Å². The molecule has 2 aromatic rings. The summed E-state index contributed by atoms with van der Waals surface area (Å²) in [5.41, 5.74) is -0.327. The number of ether oxygens (including phenoxy) is 1. The van der Waals surface area contributed by atoms with Crippen LogP contribution < -0.4 is 10.1 Å². The van der Waals surface area contributed by atoms with Gasteiger partial charge in [-0.2, -0.15) is 18.2 Å². The normalized spacial score (nSPS) is 11.3. The third-order valence-corrected chi connectivity index (χ3v) is 3.37. The van der Waals surface area contributed by atoms with Crippen molar-refractivity contribution in [2.45, 2.75) is 25.9 Å². The average molecular weight is 390 g/mol. The number of hydrogen-bond acceptors (Lipinski definition) is 4. The number of hydrogen-bond donors (Lipinski definition) is 1. The van der Waals surface area contributed by atoms with Gasteiger partial charge in [0.05, 0.1) is 6.61 Å². The number of nitrogens with one attached hydrogen (secondary N) is 1. The van der Waals surface area contributed by atoms with Crippen molar-refractivity contribution in [2.24, 2.45) is 0 Å². The lowest BCUT2D eigenvalue weighted by molar-refractivity contribution is -0.139. The maximum absolute atomic E-state index is 13.0. The van der Waals surface area contributed by atoms with Crippen molar-refractivity contribution >= 4 is 27.6 Å². The molecule has 0 aliphatic heterocycles. The molecule has 2 rings (SSSR count). The van der Waals surface area contributed by atoms with Crippen LogP contribution in [0.3, 0.4) is 0 Å². The summed E-state index contributed by atoms with van der Waals surface area (Å²) in [6, 6.07) is 7.13. The standard InChI is InChI=1S/C15H15BrF3N3O/c1-2-3-7-23-13-12(15(17,18)19)9-20-14(22-13)21-11-6-4-5-10(16)8-11/h4-6,8-9H,2-3,7H2,1H3,(H,20,21,22). The smallest absolute Gasteiger partial charge is 0.423 e. The molecule has 0 spiro atoms. The molecule has 4 nitrogen and oxygen atoms in total. The Balaban J connectivity index is 2.26. The summed E-state index contributed by atoms with van der Waals surface area (Å²) < 4.78 is 45.0. The van der Waals surface area contributed by atoms with Crippen molar-refractivity contribution in [3.8, 4) is 5.88 Å². The van der Waals surface area contributed by atoms with Crippen molar-refractivity contribution in [1.82, 2.24) is 9.97 Å². The van der Waals surface area contributed by atoms with Crippen LogP contribution in [0.1, 0.15) is 25.3 Å². The number of benzene rings is 1. The second kappa shape index (κ2) is 7.63. The van der Waals surface area contributed by atoms with Crippen LogP contribution in [0.2, 0.25) is 0 Å². The molecule has 8 heteroatoms. The zero-order valence-corrected chi connectivity index (χ0v) is 13.9. The molecule has 0 aliphatic carbocycles. The van der Waals surface area contributed by atoms with Gasteiger partial charge in [0.25, 0.3) is 0 Å². The fraction of sp³-hybridized carbons (Fsp3) is 0.333. The third kappa shape index (κ3) is 5.09. The number of unbranched alkanes of at least 4 members (excludes halogenated alkanes) is 1. The van der Waals surface area contributed by atoms with E-state index in [0.29, 0.717) is 12.1 Å². The van der Waals surface area contributed by atoms with Gasteiger partial charge in [-0.25, -0.2) is 4.98 Å². The molecular weight excluding hydrogens is 375 g/mol. The van der Waals surface area contributed by atoms with Gasteiger partial charge >= 0.3 is 6.18 Å². The zero-order valence-electron chi connectivity index (χ0n) is 12.3. The Morgan fingerprint density at radius 2 is 2.09 bits per heavy atom. The molecule has 1 aromatic carbocycles. The Morgan fingerprint density at radius 3 is 2.74 bits per heavy atom. The number of nitrogens with zero attached hydrogens (tertiary/aromatic N) is 2. The lowest BCUT2D eigenvalue weighted by Crippen LogP contribution is -2.13. The van der Waals surface area contributed by atoms with E-state index < -0.39 is 17.6 Å². The van der Waals surface area contributed by atoms with Crippen molar-refractivity contribution < 1.29 is 17.9 Å². The minimum Gasteiger partial charge on any atom is -0.477 e. The van der Waals surface area contributed by atoms with Crippen molar-refractivity contribution in [3.05, 3.63) is 40.5 Å². The first-order valence-corrected chi connectivity index (χ1v) is 7.79. The highest BCUT2D eigenvalue weighted by molar-refractivity contribution is 9.10. The summed E-state index contributed by atoms with van der Waals surface area (Å²) in [6.07, 6.45) is -2.37. The van der Waals surface area contributed by atoms with E-state index >= 15 is 0 Å². The highest BCUT2D eigenvalue weighted by Crippen LogP contribution is 2.35. The molecule has 124 valence electrons. The second-order valence-electron chi connectivity index (χ2n) is 4.75. The average Bonchev–Trinajstić information content (AvgIpc) is 2.46. The number of alkyl halides is 3. The minimum absolute atomic E-state index is 0.0441. The van der Waals surface area contributed by atoms with Crippen LogP contribution in [-0.4, -0.2) is 16.6 Å². The molecule has 0 fully saturated rings. The predicted molar refractivity (Wildman–Crippen MR) is 84.9 cm³/mol. The van der Waals surface area contributed by atoms with E-state index in [9.17, 15) is 13.2 Å². The zero-order chi connectivity index (χ0) is 16.9. The Bertz CT molecular complexity index is 665. The van der Waals surface area contributed by atoms with E-state index in [4.69, 9.17) is 4.74 Å². The topological polar surface area (TPSA) is 47.0 Å². The van der Waals surface area contributed by atoms with Crippen LogP contribution in [-0.2, 0) is 6.18 Å². The van der Waals surface area contributed by atoms with Gasteiger partial charge in [-0.05, 0) is 24.6 Å². The molecule has 0 radical (unpaired) electrons. The largest absolute Gasteiger partial charge is 0.477 e. The molecule has 0 unspecified atom stereocenters. The highest BCUT2D eigenvalue weighted by atomic mass is 79.9. The Morgan fingerprint density at radius 1 is 1.30 bits per heavy atom. The molecule has 0 amide bonds. The number of halogens is 4. The van der Waals surface area contributed by atoms with Gasteiger partial charge in [0, 0.05) is 16.4 Å². The van der Waals surface area contributed by atoms with E-state index in [1.807, 2.05) is 13.0 Å². The van der Waals surface area contributed by atoms with E-state index in [1.165, 1.54) is 0 Å². The number of aromatic nitrogens is 2. The summed E-state index contributed by atoms with van der Waals surface area (Å²) in [5.74, 6) is -0.416. The van der Waals surface area contributed by atoms with Gasteiger partial charge in [-0.15, -0.1) is 0 Å². The number of anilines is 2. The maximum Gasteiger partial charge on any atom is 0.423 e. The van der Waals surface area contributed by atoms with Gasteiger partial charge in [0.15, 0.2) is 0 Å². The van der Waals surface area contributed by atoms with E-state index in [2.05, 4.69) is 31.2 Å². The molecule has 0 atom stereocenters. The summed E-state index contributed by atoms with van der Waals surface area (Å²) in [4.78, 5) is 7.58. The fourth-order valence-corrected chi connectivity index (χ4v) is 2.14. The van der Waals surface area contributed by atoms with Crippen LogP contribution >= 0.6 is 15.9 Å². The summed E-state index contributed by atoms with van der Waals surface area (Å²) in [6.45, 7) is 2.10. The fourth-order valence-electron chi connectivity index (χ4n) is 1.74. The second-order valence-corrected chi connectivity index (χ2v) is 5.66. The first-order valence-electron chi connectivity index (χ1n) is 6.99. The first-order chi connectivity index (χ1) is 10.9. The van der Waals surface area contributed by atoms with Gasteiger partial charge < -0.3 is 10.1 Å². The molecular formula is C15H15BrF3N3O. The molecule has 1 aromatic heterocycles. The van der Waals surface area contributed by atoms with Gasteiger partial charge in [0.1, 0.15) is 5.56 Å². The van der Waals surface area contributed by atoms with Gasteiger partial charge in [-0.1, -0.05) is 35.3 Å². The number of rotatable bonds is 6. The van der Waals surface area contributed by atoms with Gasteiger partial charge in [0.2, 0.25) is 11.8 Å². The Hall–Kier alpha value is -1.83. The Kier molecular flexibility index (Phi) is 5.81. The molecule has 0 saturated heterocycles. The molecule has 0 saturated carbocycles. The summed E-state index contributed by atoms with van der Waals surface area (Å²) in [7, 11) is 0. The van der Waals surface area contributed by atoms with Crippen LogP contribution in [0.5, 0.6) is 5.88 Å². The van der Waals surface area contributed by atoms with Crippen molar-refractivity contribution in [1.29, 1.82) is 0 Å².